The smallest absolute Gasteiger partial charge is 0.231 e. The maximum atomic E-state index is 10.8. The molecule has 0 fully saturated rings. The normalized spacial score (nSPS) is 9.38. The molecule has 0 bridgehead atoms. The number of hydrogen-bond acceptors (Lipinski definition) is 4. The minimum atomic E-state index is -0.0969. The number of anilines is 1. The van der Waals surface area contributed by atoms with Crippen LogP contribution in [0.2, 0.25) is 0 Å². The van der Waals surface area contributed by atoms with E-state index in [1.807, 2.05) is 0 Å². The zero-order valence-electron chi connectivity index (χ0n) is 7.39. The molecule has 68 valence electrons. The monoisotopic (exact) mass is 179 g/mol. The predicted molar refractivity (Wildman–Crippen MR) is 46.5 cm³/mol. The van der Waals surface area contributed by atoms with E-state index in [2.05, 4.69) is 9.97 Å². The number of carbonyl (C=O) groups excluding carboxylic acids is 2. The van der Waals surface area contributed by atoms with E-state index in [-0.39, 0.29) is 11.7 Å². The van der Waals surface area contributed by atoms with Crippen LogP contribution in [0.5, 0.6) is 0 Å². The largest absolute Gasteiger partial charge is 0.294 e. The number of amides is 1. The Morgan fingerprint density at radius 3 is 2.38 bits per heavy atom. The van der Waals surface area contributed by atoms with E-state index in [1.54, 1.807) is 0 Å². The lowest BCUT2D eigenvalue weighted by atomic mass is 10.2. The van der Waals surface area contributed by atoms with Crippen LogP contribution in [-0.2, 0) is 4.79 Å². The third kappa shape index (κ3) is 2.08. The van der Waals surface area contributed by atoms with Gasteiger partial charge in [-0.3, -0.25) is 14.5 Å². The van der Waals surface area contributed by atoms with Gasteiger partial charge in [0.15, 0.2) is 5.78 Å². The molecule has 5 nitrogen and oxygen atoms in total. The third-order valence-electron chi connectivity index (χ3n) is 1.52. The summed E-state index contributed by atoms with van der Waals surface area (Å²) in [7, 11) is 1.54. The standard InChI is InChI=1S/C8H9N3O2/c1-6(13)7-3-9-8(10-4-7)11(2)5-12/h3-5H,1-2H3. The molecule has 0 radical (unpaired) electrons. The van der Waals surface area contributed by atoms with Gasteiger partial charge in [0.25, 0.3) is 0 Å². The SMILES string of the molecule is CC(=O)c1cnc(N(C)C=O)nc1. The number of rotatable bonds is 3. The summed E-state index contributed by atoms with van der Waals surface area (Å²) in [4.78, 5) is 30.0. The molecule has 0 saturated heterocycles. The molecule has 0 unspecified atom stereocenters. The zero-order chi connectivity index (χ0) is 9.84. The van der Waals surface area contributed by atoms with Crippen LogP contribution in [0.1, 0.15) is 17.3 Å². The highest BCUT2D eigenvalue weighted by atomic mass is 16.1. The maximum absolute atomic E-state index is 10.8. The van der Waals surface area contributed by atoms with E-state index in [4.69, 9.17) is 0 Å². The molecule has 1 amide bonds. The summed E-state index contributed by atoms with van der Waals surface area (Å²) in [6.07, 6.45) is 3.39. The van der Waals surface area contributed by atoms with Crippen molar-refractivity contribution in [2.45, 2.75) is 6.92 Å². The molecule has 0 aromatic carbocycles. The summed E-state index contributed by atoms with van der Waals surface area (Å²) in [5.41, 5.74) is 0.433. The first-order valence-corrected chi connectivity index (χ1v) is 3.66. The Balaban J connectivity index is 2.93. The van der Waals surface area contributed by atoms with Gasteiger partial charge in [-0.15, -0.1) is 0 Å². The van der Waals surface area contributed by atoms with E-state index in [9.17, 15) is 9.59 Å². The second-order valence-corrected chi connectivity index (χ2v) is 2.54. The predicted octanol–water partition coefficient (Wildman–Crippen LogP) is 0.272. The molecule has 1 heterocycles. The molecule has 13 heavy (non-hydrogen) atoms. The second kappa shape index (κ2) is 3.75. The number of nitrogens with zero attached hydrogens (tertiary/aromatic N) is 3. The van der Waals surface area contributed by atoms with Gasteiger partial charge in [-0.1, -0.05) is 0 Å². The van der Waals surface area contributed by atoms with Crippen LogP contribution in [0, 0.1) is 0 Å². The van der Waals surface area contributed by atoms with Gasteiger partial charge in [0.2, 0.25) is 12.4 Å². The molecular formula is C8H9N3O2. The fraction of sp³-hybridized carbons (Fsp3) is 0.250. The van der Waals surface area contributed by atoms with Gasteiger partial charge in [-0.25, -0.2) is 9.97 Å². The van der Waals surface area contributed by atoms with Gasteiger partial charge < -0.3 is 0 Å². The zero-order valence-corrected chi connectivity index (χ0v) is 7.39. The van der Waals surface area contributed by atoms with Crippen molar-refractivity contribution >= 4 is 18.1 Å². The highest BCUT2D eigenvalue weighted by Gasteiger charge is 2.04. The van der Waals surface area contributed by atoms with Crippen LogP contribution >= 0.6 is 0 Å². The first kappa shape index (κ1) is 9.31. The van der Waals surface area contributed by atoms with Gasteiger partial charge in [0.1, 0.15) is 0 Å². The second-order valence-electron chi connectivity index (χ2n) is 2.54. The van der Waals surface area contributed by atoms with Gasteiger partial charge >= 0.3 is 0 Å². The molecule has 0 aliphatic rings. The van der Waals surface area contributed by atoms with Crippen LogP contribution in [0.15, 0.2) is 12.4 Å². The van der Waals surface area contributed by atoms with E-state index in [0.717, 1.165) is 0 Å². The van der Waals surface area contributed by atoms with Crippen molar-refractivity contribution in [3.8, 4) is 0 Å². The first-order chi connectivity index (χ1) is 6.15. The van der Waals surface area contributed by atoms with E-state index >= 15 is 0 Å². The van der Waals surface area contributed by atoms with Crippen LogP contribution < -0.4 is 4.90 Å². The quantitative estimate of drug-likeness (QED) is 0.493. The van der Waals surface area contributed by atoms with E-state index in [0.29, 0.717) is 12.0 Å². The Labute approximate surface area is 75.4 Å². The number of hydrogen-bond donors (Lipinski definition) is 0. The van der Waals surface area contributed by atoms with Crippen LogP contribution in [0.25, 0.3) is 0 Å². The summed E-state index contributed by atoms with van der Waals surface area (Å²) in [6, 6.07) is 0. The van der Waals surface area contributed by atoms with Crippen molar-refractivity contribution in [1.82, 2.24) is 9.97 Å². The lowest BCUT2D eigenvalue weighted by molar-refractivity contribution is -0.107. The molecule has 0 atom stereocenters. The molecule has 5 heteroatoms. The maximum Gasteiger partial charge on any atom is 0.231 e. The summed E-state index contributed by atoms with van der Waals surface area (Å²) in [6.45, 7) is 1.43. The van der Waals surface area contributed by atoms with E-state index in [1.165, 1.54) is 31.3 Å². The average molecular weight is 179 g/mol. The van der Waals surface area contributed by atoms with Gasteiger partial charge in [0, 0.05) is 19.4 Å². The fourth-order valence-electron chi connectivity index (χ4n) is 0.732. The Morgan fingerprint density at radius 2 is 2.00 bits per heavy atom. The number of carbonyl (C=O) groups is 2. The molecule has 0 saturated carbocycles. The number of aromatic nitrogens is 2. The molecule has 0 aliphatic carbocycles. The van der Waals surface area contributed by atoms with Crippen molar-refractivity contribution in [2.24, 2.45) is 0 Å². The average Bonchev–Trinajstić information content (AvgIpc) is 2.17. The van der Waals surface area contributed by atoms with Crippen molar-refractivity contribution in [2.75, 3.05) is 11.9 Å². The third-order valence-corrected chi connectivity index (χ3v) is 1.52. The Kier molecular flexibility index (Phi) is 2.69. The van der Waals surface area contributed by atoms with Crippen LogP contribution in [0.4, 0.5) is 5.95 Å². The molecule has 0 spiro atoms. The summed E-state index contributed by atoms with van der Waals surface area (Å²) in [5, 5.41) is 0. The summed E-state index contributed by atoms with van der Waals surface area (Å²) < 4.78 is 0. The van der Waals surface area contributed by atoms with E-state index < -0.39 is 0 Å². The topological polar surface area (TPSA) is 63.2 Å². The lowest BCUT2D eigenvalue weighted by Crippen LogP contribution is -2.17. The summed E-state index contributed by atoms with van der Waals surface area (Å²) >= 11 is 0. The minimum Gasteiger partial charge on any atom is -0.294 e. The Bertz CT molecular complexity index is 321. The van der Waals surface area contributed by atoms with Gasteiger partial charge in [0.05, 0.1) is 5.56 Å². The Morgan fingerprint density at radius 1 is 1.46 bits per heavy atom. The lowest BCUT2D eigenvalue weighted by Gasteiger charge is -2.06. The summed E-state index contributed by atoms with van der Waals surface area (Å²) in [5.74, 6) is 0.181. The van der Waals surface area contributed by atoms with Crippen molar-refractivity contribution in [3.63, 3.8) is 0 Å². The molecule has 0 aliphatic heterocycles. The van der Waals surface area contributed by atoms with Crippen molar-refractivity contribution in [1.29, 1.82) is 0 Å². The molecule has 1 rings (SSSR count). The van der Waals surface area contributed by atoms with Gasteiger partial charge in [-0.2, -0.15) is 0 Å². The van der Waals surface area contributed by atoms with Crippen LogP contribution in [0.3, 0.4) is 0 Å². The fourth-order valence-corrected chi connectivity index (χ4v) is 0.732. The number of Topliss-reactive ketones (excluding diaryl/α,β-unsaturated/α-hetero) is 1. The highest BCUT2D eigenvalue weighted by Crippen LogP contribution is 2.03. The molecular weight excluding hydrogens is 170 g/mol. The Hall–Kier alpha value is -1.78. The highest BCUT2D eigenvalue weighted by molar-refractivity contribution is 5.93. The van der Waals surface area contributed by atoms with Crippen molar-refractivity contribution in [3.05, 3.63) is 18.0 Å². The molecule has 0 N–H and O–H groups in total. The molecule has 1 aromatic heterocycles. The number of ketones is 1. The minimum absolute atomic E-state index is 0.0969. The van der Waals surface area contributed by atoms with Crippen LogP contribution in [-0.4, -0.2) is 29.2 Å². The van der Waals surface area contributed by atoms with Gasteiger partial charge in [-0.05, 0) is 6.92 Å². The van der Waals surface area contributed by atoms with Crippen molar-refractivity contribution < 1.29 is 9.59 Å². The molecule has 1 aromatic rings. The first-order valence-electron chi connectivity index (χ1n) is 3.66.